The maximum Gasteiger partial charge on any atom is 0.164 e. The van der Waals surface area contributed by atoms with Crippen LogP contribution in [0, 0.1) is 0 Å². The van der Waals surface area contributed by atoms with Gasteiger partial charge in [-0.15, -0.1) is 0 Å². The Labute approximate surface area is 197 Å². The zero-order chi connectivity index (χ0) is 22.8. The molecule has 0 radical (unpaired) electrons. The summed E-state index contributed by atoms with van der Waals surface area (Å²) in [6.45, 7) is 4.09. The van der Waals surface area contributed by atoms with Gasteiger partial charge < -0.3 is 4.42 Å². The van der Waals surface area contributed by atoms with Gasteiger partial charge in [-0.1, -0.05) is 79.2 Å². The van der Waals surface area contributed by atoms with Gasteiger partial charge in [-0.3, -0.25) is 0 Å². The highest BCUT2D eigenvalue weighted by molar-refractivity contribution is 6.30. The number of fused-ring (bicyclic) bond motifs is 3. The third-order valence-electron chi connectivity index (χ3n) is 5.46. The van der Waals surface area contributed by atoms with Crippen molar-refractivity contribution >= 4 is 39.1 Å². The molecule has 5 aromatic rings. The van der Waals surface area contributed by atoms with E-state index in [1.807, 2.05) is 73.7 Å². The van der Waals surface area contributed by atoms with Crippen LogP contribution in [0.25, 0.3) is 50.3 Å². The van der Waals surface area contributed by atoms with Crippen LogP contribution in [0.2, 0.25) is 5.02 Å². The van der Waals surface area contributed by atoms with Gasteiger partial charge in [-0.05, 0) is 37.6 Å². The minimum Gasteiger partial charge on any atom is -0.456 e. The summed E-state index contributed by atoms with van der Waals surface area (Å²) in [4.78, 5) is 14.6. The standard InChI is InChI=1S/C28H22ClN3O/c1-3-5-10-18(4-2)26-30-27(19-11-8-12-20(29)17-19)32-28(31-26)22-14-9-16-24-25(22)21-13-6-7-15-23(21)33-24/h4-17H,3H2,1-2H3/b10-5-,18-4+. The van der Waals surface area contributed by atoms with Crippen LogP contribution in [0.3, 0.4) is 0 Å². The molecule has 0 saturated heterocycles. The highest BCUT2D eigenvalue weighted by Gasteiger charge is 2.17. The molecule has 0 amide bonds. The van der Waals surface area contributed by atoms with E-state index in [1.54, 1.807) is 0 Å². The van der Waals surface area contributed by atoms with Crippen LogP contribution in [-0.2, 0) is 0 Å². The van der Waals surface area contributed by atoms with Gasteiger partial charge in [0.15, 0.2) is 17.5 Å². The average Bonchev–Trinajstić information content (AvgIpc) is 3.23. The Bertz CT molecular complexity index is 1530. The average molecular weight is 452 g/mol. The second-order valence-corrected chi connectivity index (χ2v) is 8.08. The lowest BCUT2D eigenvalue weighted by Gasteiger charge is -2.10. The monoisotopic (exact) mass is 451 g/mol. The first-order valence-electron chi connectivity index (χ1n) is 10.9. The molecule has 0 unspecified atom stereocenters. The van der Waals surface area contributed by atoms with Crippen LogP contribution in [0.5, 0.6) is 0 Å². The number of aromatic nitrogens is 3. The molecule has 0 aliphatic rings. The number of nitrogens with zero attached hydrogens (tertiary/aromatic N) is 3. The van der Waals surface area contributed by atoms with E-state index in [4.69, 9.17) is 31.0 Å². The van der Waals surface area contributed by atoms with Crippen molar-refractivity contribution in [2.24, 2.45) is 0 Å². The summed E-state index contributed by atoms with van der Waals surface area (Å²) < 4.78 is 6.09. The van der Waals surface area contributed by atoms with E-state index < -0.39 is 0 Å². The Morgan fingerprint density at radius 1 is 0.909 bits per heavy atom. The first-order valence-corrected chi connectivity index (χ1v) is 11.3. The molecule has 2 heterocycles. The van der Waals surface area contributed by atoms with Crippen LogP contribution in [-0.4, -0.2) is 15.0 Å². The van der Waals surface area contributed by atoms with E-state index in [0.717, 1.165) is 45.1 Å². The summed E-state index contributed by atoms with van der Waals surface area (Å²) >= 11 is 6.27. The van der Waals surface area contributed by atoms with Gasteiger partial charge in [-0.2, -0.15) is 0 Å². The van der Waals surface area contributed by atoms with Crippen molar-refractivity contribution in [2.45, 2.75) is 20.3 Å². The minimum absolute atomic E-state index is 0.576. The van der Waals surface area contributed by atoms with E-state index in [1.165, 1.54) is 0 Å². The first-order chi connectivity index (χ1) is 16.2. The second-order valence-electron chi connectivity index (χ2n) is 7.65. The molecule has 0 fully saturated rings. The molecule has 0 aliphatic carbocycles. The van der Waals surface area contributed by atoms with E-state index in [-0.39, 0.29) is 0 Å². The third-order valence-corrected chi connectivity index (χ3v) is 5.70. The Morgan fingerprint density at radius 3 is 2.52 bits per heavy atom. The van der Waals surface area contributed by atoms with Crippen molar-refractivity contribution in [3.63, 3.8) is 0 Å². The van der Waals surface area contributed by atoms with E-state index in [2.05, 4.69) is 25.1 Å². The van der Waals surface area contributed by atoms with Crippen LogP contribution in [0.15, 0.2) is 89.4 Å². The highest BCUT2D eigenvalue weighted by atomic mass is 35.5. The van der Waals surface area contributed by atoms with Gasteiger partial charge in [0.2, 0.25) is 0 Å². The van der Waals surface area contributed by atoms with Gasteiger partial charge in [0.25, 0.3) is 0 Å². The Hall–Kier alpha value is -3.76. The molecule has 33 heavy (non-hydrogen) atoms. The molecule has 0 saturated carbocycles. The third kappa shape index (κ3) is 4.06. The largest absolute Gasteiger partial charge is 0.456 e. The van der Waals surface area contributed by atoms with Crippen LogP contribution < -0.4 is 0 Å². The number of benzene rings is 3. The highest BCUT2D eigenvalue weighted by Crippen LogP contribution is 2.36. The summed E-state index contributed by atoms with van der Waals surface area (Å²) in [5, 5.41) is 2.66. The SMILES string of the molecule is C/C=C(\C=C/CC)c1nc(-c2cccc(Cl)c2)nc(-c2cccc3oc4ccccc4c23)n1. The fourth-order valence-electron chi connectivity index (χ4n) is 3.89. The Kier molecular flexibility index (Phi) is 5.76. The number of hydrogen-bond donors (Lipinski definition) is 0. The van der Waals surface area contributed by atoms with Crippen LogP contribution in [0.4, 0.5) is 0 Å². The topological polar surface area (TPSA) is 51.8 Å². The fourth-order valence-corrected chi connectivity index (χ4v) is 4.08. The molecule has 2 aromatic heterocycles. The van der Waals surface area contributed by atoms with Crippen molar-refractivity contribution < 1.29 is 4.42 Å². The molecule has 162 valence electrons. The molecular weight excluding hydrogens is 430 g/mol. The maximum absolute atomic E-state index is 6.27. The minimum atomic E-state index is 0.576. The number of furan rings is 1. The number of rotatable bonds is 5. The first kappa shape index (κ1) is 21.1. The zero-order valence-electron chi connectivity index (χ0n) is 18.4. The summed E-state index contributed by atoms with van der Waals surface area (Å²) in [7, 11) is 0. The van der Waals surface area contributed by atoms with E-state index in [9.17, 15) is 0 Å². The summed E-state index contributed by atoms with van der Waals surface area (Å²) in [5.74, 6) is 1.79. The molecule has 5 rings (SSSR count). The lowest BCUT2D eigenvalue weighted by Crippen LogP contribution is -2.02. The number of para-hydroxylation sites is 1. The second kappa shape index (κ2) is 9.00. The normalized spacial score (nSPS) is 12.3. The quantitative estimate of drug-likeness (QED) is 0.253. The molecular formula is C28H22ClN3O. The fraction of sp³-hybridized carbons (Fsp3) is 0.107. The molecule has 0 spiro atoms. The van der Waals surface area contributed by atoms with Crippen LogP contribution in [0.1, 0.15) is 26.1 Å². The lowest BCUT2D eigenvalue weighted by atomic mass is 10.1. The summed E-state index contributed by atoms with van der Waals surface area (Å²) in [5.41, 5.74) is 4.32. The smallest absolute Gasteiger partial charge is 0.164 e. The molecule has 4 nitrogen and oxygen atoms in total. The summed E-state index contributed by atoms with van der Waals surface area (Å²) in [6.07, 6.45) is 7.09. The van der Waals surface area contributed by atoms with Crippen molar-refractivity contribution in [1.29, 1.82) is 0 Å². The van der Waals surface area contributed by atoms with Gasteiger partial charge >= 0.3 is 0 Å². The van der Waals surface area contributed by atoms with Crippen molar-refractivity contribution in [1.82, 2.24) is 15.0 Å². The van der Waals surface area contributed by atoms with E-state index in [0.29, 0.717) is 22.5 Å². The molecule has 5 heteroatoms. The van der Waals surface area contributed by atoms with Gasteiger partial charge in [0.05, 0.1) is 0 Å². The molecule has 0 atom stereocenters. The van der Waals surface area contributed by atoms with Gasteiger partial charge in [-0.25, -0.2) is 15.0 Å². The predicted molar refractivity (Wildman–Crippen MR) is 136 cm³/mol. The summed E-state index contributed by atoms with van der Waals surface area (Å²) in [6, 6.07) is 21.6. The molecule has 0 N–H and O–H groups in total. The van der Waals surface area contributed by atoms with Crippen molar-refractivity contribution in [2.75, 3.05) is 0 Å². The number of halogens is 1. The van der Waals surface area contributed by atoms with Crippen molar-refractivity contribution in [3.8, 4) is 22.8 Å². The van der Waals surface area contributed by atoms with Crippen LogP contribution >= 0.6 is 11.6 Å². The maximum atomic E-state index is 6.27. The van der Waals surface area contributed by atoms with Crippen molar-refractivity contribution in [3.05, 3.63) is 95.8 Å². The zero-order valence-corrected chi connectivity index (χ0v) is 19.2. The molecule has 3 aromatic carbocycles. The molecule has 0 aliphatic heterocycles. The lowest BCUT2D eigenvalue weighted by molar-refractivity contribution is 0.669. The van der Waals surface area contributed by atoms with Gasteiger partial charge in [0.1, 0.15) is 11.2 Å². The van der Waals surface area contributed by atoms with Gasteiger partial charge in [0, 0.05) is 32.5 Å². The predicted octanol–water partition coefficient (Wildman–Crippen LogP) is 8.13. The Morgan fingerprint density at radius 2 is 1.70 bits per heavy atom. The number of hydrogen-bond acceptors (Lipinski definition) is 4. The molecule has 0 bridgehead atoms. The van der Waals surface area contributed by atoms with E-state index >= 15 is 0 Å². The Balaban J connectivity index is 1.80. The number of allylic oxidation sites excluding steroid dienone is 4.